The Balaban J connectivity index is 1.76. The van der Waals surface area contributed by atoms with Crippen LogP contribution in [0.1, 0.15) is 31.1 Å². The number of ether oxygens (including phenoxy) is 2. The van der Waals surface area contributed by atoms with Crippen LogP contribution in [-0.4, -0.2) is 33.3 Å². The van der Waals surface area contributed by atoms with E-state index in [1.807, 2.05) is 38.1 Å². The first-order valence-electron chi connectivity index (χ1n) is 8.24. The van der Waals surface area contributed by atoms with Crippen molar-refractivity contribution in [2.24, 2.45) is 0 Å². The fraction of sp³-hybridized carbons (Fsp3) is 0.333. The van der Waals surface area contributed by atoms with E-state index in [2.05, 4.69) is 20.1 Å². The van der Waals surface area contributed by atoms with Gasteiger partial charge in [-0.3, -0.25) is 0 Å². The van der Waals surface area contributed by atoms with Crippen molar-refractivity contribution in [3.05, 3.63) is 47.7 Å². The minimum absolute atomic E-state index is 0.115. The van der Waals surface area contributed by atoms with Crippen LogP contribution in [0.2, 0.25) is 0 Å². The first kappa shape index (κ1) is 17.8. The highest BCUT2D eigenvalue weighted by atomic mass is 16.5. The molecule has 0 aliphatic rings. The van der Waals surface area contributed by atoms with Gasteiger partial charge in [0.05, 0.1) is 18.1 Å². The molecule has 0 amide bonds. The lowest BCUT2D eigenvalue weighted by Crippen LogP contribution is -2.05. The number of hydrogen-bond acceptors (Lipinski definition) is 8. The molecule has 8 heteroatoms. The van der Waals surface area contributed by atoms with Crippen LogP contribution in [0.4, 0.5) is 5.82 Å². The molecule has 26 heavy (non-hydrogen) atoms. The Labute approximate surface area is 151 Å². The highest BCUT2D eigenvalue weighted by Crippen LogP contribution is 2.22. The van der Waals surface area contributed by atoms with Gasteiger partial charge in [-0.25, -0.2) is 9.97 Å². The van der Waals surface area contributed by atoms with Crippen LogP contribution in [0.15, 0.2) is 35.0 Å². The molecule has 0 saturated carbocycles. The summed E-state index contributed by atoms with van der Waals surface area (Å²) in [7, 11) is 1.57. The van der Waals surface area contributed by atoms with Crippen molar-refractivity contribution in [1.29, 1.82) is 0 Å². The average molecular weight is 355 g/mol. The van der Waals surface area contributed by atoms with Crippen LogP contribution < -0.4 is 10.5 Å². The van der Waals surface area contributed by atoms with Crippen LogP contribution in [0.5, 0.6) is 5.75 Å². The zero-order chi connectivity index (χ0) is 18.5. The molecule has 3 rings (SSSR count). The number of nitrogens with two attached hydrogens (primary N) is 1. The van der Waals surface area contributed by atoms with Gasteiger partial charge in [0.1, 0.15) is 18.2 Å². The van der Waals surface area contributed by atoms with E-state index in [4.69, 9.17) is 19.7 Å². The van der Waals surface area contributed by atoms with E-state index >= 15 is 0 Å². The first-order chi connectivity index (χ1) is 12.5. The molecule has 0 radical (unpaired) electrons. The van der Waals surface area contributed by atoms with E-state index in [9.17, 15) is 0 Å². The number of nitrogens with zero attached hydrogens (tertiary/aromatic N) is 4. The van der Waals surface area contributed by atoms with Gasteiger partial charge in [0.2, 0.25) is 11.7 Å². The van der Waals surface area contributed by atoms with Gasteiger partial charge in [-0.2, -0.15) is 4.98 Å². The van der Waals surface area contributed by atoms with Gasteiger partial charge in [0.15, 0.2) is 5.82 Å². The van der Waals surface area contributed by atoms with Crippen molar-refractivity contribution in [2.75, 3.05) is 12.8 Å². The molecular weight excluding hydrogens is 334 g/mol. The van der Waals surface area contributed by atoms with Crippen LogP contribution in [0.25, 0.3) is 11.4 Å². The topological polar surface area (TPSA) is 109 Å². The smallest absolute Gasteiger partial charge is 0.231 e. The van der Waals surface area contributed by atoms with Crippen LogP contribution >= 0.6 is 0 Å². The molecule has 2 N–H and O–H groups in total. The maximum Gasteiger partial charge on any atom is 0.231 e. The molecule has 0 spiro atoms. The number of hydrogen-bond donors (Lipinski definition) is 1. The van der Waals surface area contributed by atoms with E-state index < -0.39 is 0 Å². The van der Waals surface area contributed by atoms with E-state index in [1.54, 1.807) is 13.3 Å². The van der Waals surface area contributed by atoms with Gasteiger partial charge in [-0.15, -0.1) is 0 Å². The van der Waals surface area contributed by atoms with E-state index in [0.717, 1.165) is 11.3 Å². The Morgan fingerprint density at radius 1 is 1.23 bits per heavy atom. The molecule has 0 atom stereocenters. The summed E-state index contributed by atoms with van der Waals surface area (Å²) >= 11 is 0. The van der Waals surface area contributed by atoms with Crippen molar-refractivity contribution in [3.8, 4) is 17.1 Å². The largest absolute Gasteiger partial charge is 0.491 e. The van der Waals surface area contributed by atoms with E-state index in [-0.39, 0.29) is 18.5 Å². The molecule has 0 unspecified atom stereocenters. The summed E-state index contributed by atoms with van der Waals surface area (Å²) in [5.74, 6) is 2.42. The van der Waals surface area contributed by atoms with Gasteiger partial charge >= 0.3 is 0 Å². The summed E-state index contributed by atoms with van der Waals surface area (Å²) in [4.78, 5) is 12.8. The number of methoxy groups -OCH3 is 1. The Kier molecular flexibility index (Phi) is 5.43. The van der Waals surface area contributed by atoms with Crippen molar-refractivity contribution < 1.29 is 14.0 Å². The second-order valence-corrected chi connectivity index (χ2v) is 6.02. The molecule has 136 valence electrons. The van der Waals surface area contributed by atoms with Gasteiger partial charge in [-0.05, 0) is 31.5 Å². The summed E-state index contributed by atoms with van der Waals surface area (Å²) in [5.41, 5.74) is 7.50. The highest BCUT2D eigenvalue weighted by molar-refractivity contribution is 5.66. The second-order valence-electron chi connectivity index (χ2n) is 6.02. The Bertz CT molecular complexity index is 879. The number of benzene rings is 1. The predicted octanol–water partition coefficient (Wildman–Crippen LogP) is 2.63. The lowest BCUT2D eigenvalue weighted by Gasteiger charge is -2.10. The normalized spacial score (nSPS) is 11.1. The molecule has 2 aromatic heterocycles. The molecule has 0 aliphatic carbocycles. The summed E-state index contributed by atoms with van der Waals surface area (Å²) in [6, 6.07) is 7.79. The molecule has 0 bridgehead atoms. The highest BCUT2D eigenvalue weighted by Gasteiger charge is 2.14. The first-order valence-corrected chi connectivity index (χ1v) is 8.24. The third-order valence-electron chi connectivity index (χ3n) is 3.48. The SMILES string of the molecule is COCc1ncc(-c2noc(Cc3cccc(OC(C)C)c3)n2)c(N)n1. The zero-order valence-electron chi connectivity index (χ0n) is 15.0. The predicted molar refractivity (Wildman–Crippen MR) is 95.5 cm³/mol. The maximum atomic E-state index is 5.97. The molecule has 0 aliphatic heterocycles. The van der Waals surface area contributed by atoms with Crippen molar-refractivity contribution in [2.45, 2.75) is 33.0 Å². The molecule has 0 fully saturated rings. The Morgan fingerprint density at radius 3 is 2.81 bits per heavy atom. The van der Waals surface area contributed by atoms with Crippen LogP contribution in [-0.2, 0) is 17.8 Å². The van der Waals surface area contributed by atoms with E-state index in [0.29, 0.717) is 29.5 Å². The summed E-state index contributed by atoms with van der Waals surface area (Å²) in [5, 5.41) is 3.98. The monoisotopic (exact) mass is 355 g/mol. The van der Waals surface area contributed by atoms with Gasteiger partial charge in [0.25, 0.3) is 0 Å². The van der Waals surface area contributed by atoms with Crippen molar-refractivity contribution >= 4 is 5.82 Å². The maximum absolute atomic E-state index is 5.97. The second kappa shape index (κ2) is 7.92. The van der Waals surface area contributed by atoms with E-state index in [1.165, 1.54) is 0 Å². The molecular formula is C18H21N5O3. The standard InChI is InChI=1S/C18H21N5O3/c1-11(2)25-13-6-4-5-12(7-13)8-16-22-18(23-26-16)14-9-20-15(10-24-3)21-17(14)19/h4-7,9,11H,8,10H2,1-3H3,(H2,19,20,21). The Hall–Kier alpha value is -3.00. The van der Waals surface area contributed by atoms with Crippen molar-refractivity contribution in [3.63, 3.8) is 0 Å². The average Bonchev–Trinajstić information content (AvgIpc) is 3.03. The van der Waals surface area contributed by atoms with Crippen molar-refractivity contribution in [1.82, 2.24) is 20.1 Å². The minimum Gasteiger partial charge on any atom is -0.491 e. The number of rotatable bonds is 7. The molecule has 3 aromatic rings. The quantitative estimate of drug-likeness (QED) is 0.689. The molecule has 2 heterocycles. The van der Waals surface area contributed by atoms with Crippen LogP contribution in [0.3, 0.4) is 0 Å². The molecule has 0 saturated heterocycles. The fourth-order valence-electron chi connectivity index (χ4n) is 2.42. The van der Waals surface area contributed by atoms with Gasteiger partial charge < -0.3 is 19.7 Å². The summed E-state index contributed by atoms with van der Waals surface area (Å²) in [6.07, 6.45) is 2.18. The summed E-state index contributed by atoms with van der Waals surface area (Å²) < 4.78 is 16.0. The third-order valence-corrected chi connectivity index (χ3v) is 3.48. The number of aromatic nitrogens is 4. The lowest BCUT2D eigenvalue weighted by molar-refractivity contribution is 0.178. The van der Waals surface area contributed by atoms with Gasteiger partial charge in [-0.1, -0.05) is 17.3 Å². The summed E-state index contributed by atoms with van der Waals surface area (Å²) in [6.45, 7) is 4.26. The number of nitrogen functional groups attached to an aromatic ring is 1. The third kappa shape index (κ3) is 4.34. The van der Waals surface area contributed by atoms with Crippen LogP contribution in [0, 0.1) is 0 Å². The van der Waals surface area contributed by atoms with Gasteiger partial charge in [0, 0.05) is 13.3 Å². The Morgan fingerprint density at radius 2 is 2.08 bits per heavy atom. The molecule has 8 nitrogen and oxygen atoms in total. The fourth-order valence-corrected chi connectivity index (χ4v) is 2.42. The minimum atomic E-state index is 0.115. The zero-order valence-corrected chi connectivity index (χ0v) is 15.0. The molecule has 1 aromatic carbocycles. The lowest BCUT2D eigenvalue weighted by atomic mass is 10.1. The number of anilines is 1.